The van der Waals surface area contributed by atoms with Gasteiger partial charge in [-0.2, -0.15) is 5.26 Å². The van der Waals surface area contributed by atoms with Crippen molar-refractivity contribution in [2.45, 2.75) is 13.8 Å². The van der Waals surface area contributed by atoms with Crippen LogP contribution in [0.1, 0.15) is 13.8 Å². The Morgan fingerprint density at radius 1 is 1.70 bits per heavy atom. The largest absolute Gasteiger partial charge is 0.264 e. The topological polar surface area (TPSA) is 66.9 Å². The van der Waals surface area contributed by atoms with Gasteiger partial charge in [-0.15, -0.1) is 0 Å². The van der Waals surface area contributed by atoms with E-state index in [1.165, 1.54) is 0 Å². The van der Waals surface area contributed by atoms with Gasteiger partial charge in [-0.25, -0.2) is 0 Å². The normalized spacial score (nSPS) is 12.6. The minimum atomic E-state index is -0.451. The summed E-state index contributed by atoms with van der Waals surface area (Å²) in [5.74, 6) is -0.384. The van der Waals surface area contributed by atoms with E-state index < -0.39 is 10.8 Å². The van der Waals surface area contributed by atoms with Crippen LogP contribution >= 0.6 is 0 Å². The molecule has 0 bridgehead atoms. The predicted octanol–water partition coefficient (Wildman–Crippen LogP) is 1.06. The molecule has 0 saturated heterocycles. The van der Waals surface area contributed by atoms with E-state index in [1.54, 1.807) is 13.8 Å². The molecule has 0 heterocycles. The van der Waals surface area contributed by atoms with Crippen molar-refractivity contribution >= 4 is 0 Å². The molecule has 0 aromatic carbocycles. The second-order valence-corrected chi connectivity index (χ2v) is 2.49. The molecule has 0 aliphatic rings. The van der Waals surface area contributed by atoms with Crippen LogP contribution in [0.25, 0.3) is 0 Å². The Hall–Kier alpha value is -1.11. The van der Waals surface area contributed by atoms with Crippen LogP contribution in [0.2, 0.25) is 0 Å². The molecule has 0 amide bonds. The summed E-state index contributed by atoms with van der Waals surface area (Å²) >= 11 is 0. The van der Waals surface area contributed by atoms with Crippen molar-refractivity contribution in [3.05, 3.63) is 10.1 Å². The molecule has 0 saturated carbocycles. The molecule has 1 atom stereocenters. The molecule has 4 nitrogen and oxygen atoms in total. The summed E-state index contributed by atoms with van der Waals surface area (Å²) < 4.78 is 0. The number of nitrogens with zero attached hydrogens (tertiary/aromatic N) is 2. The second kappa shape index (κ2) is 3.83. The lowest BCUT2D eigenvalue weighted by Gasteiger charge is -2.05. The minimum absolute atomic E-state index is 0.0652. The van der Waals surface area contributed by atoms with Crippen molar-refractivity contribution in [1.82, 2.24) is 0 Å². The summed E-state index contributed by atoms with van der Waals surface area (Å²) in [4.78, 5) is 9.48. The first kappa shape index (κ1) is 8.89. The maximum absolute atomic E-state index is 9.93. The van der Waals surface area contributed by atoms with Crippen LogP contribution in [0.15, 0.2) is 0 Å². The first-order valence-electron chi connectivity index (χ1n) is 3.09. The highest BCUT2D eigenvalue weighted by Crippen LogP contribution is 2.08. The molecule has 0 fully saturated rings. The maximum atomic E-state index is 9.93. The van der Waals surface area contributed by atoms with Gasteiger partial charge >= 0.3 is 0 Å². The van der Waals surface area contributed by atoms with Crippen LogP contribution in [0, 0.1) is 33.3 Å². The van der Waals surface area contributed by atoms with Crippen LogP contribution in [-0.4, -0.2) is 11.5 Å². The summed E-state index contributed by atoms with van der Waals surface area (Å²) in [6, 6.07) is 1.89. The third-order valence-electron chi connectivity index (χ3n) is 1.32. The second-order valence-electron chi connectivity index (χ2n) is 2.49. The number of hydrogen-bond donors (Lipinski definition) is 0. The number of rotatable bonds is 3. The SMILES string of the molecule is CC(C)[C@H](C#N)C[N+](=O)[O-]. The molecule has 4 heteroatoms. The van der Waals surface area contributed by atoms with E-state index >= 15 is 0 Å². The van der Waals surface area contributed by atoms with Gasteiger partial charge in [0, 0.05) is 4.92 Å². The molecular formula is C6H10N2O2. The van der Waals surface area contributed by atoms with E-state index in [0.717, 1.165) is 0 Å². The van der Waals surface area contributed by atoms with Crippen molar-refractivity contribution < 1.29 is 4.92 Å². The molecule has 0 aliphatic carbocycles. The Morgan fingerprint density at radius 2 is 2.20 bits per heavy atom. The van der Waals surface area contributed by atoms with Crippen molar-refractivity contribution in [3.8, 4) is 6.07 Å². The highest BCUT2D eigenvalue weighted by Gasteiger charge is 2.17. The lowest BCUT2D eigenvalue weighted by Crippen LogP contribution is -2.17. The maximum Gasteiger partial charge on any atom is 0.219 e. The molecule has 10 heavy (non-hydrogen) atoms. The number of nitriles is 1. The van der Waals surface area contributed by atoms with E-state index in [0.29, 0.717) is 0 Å². The van der Waals surface area contributed by atoms with E-state index in [1.807, 2.05) is 6.07 Å². The van der Waals surface area contributed by atoms with Crippen LogP contribution in [0.3, 0.4) is 0 Å². The molecule has 0 rings (SSSR count). The summed E-state index contributed by atoms with van der Waals surface area (Å²) in [6.07, 6.45) is 0. The third-order valence-corrected chi connectivity index (χ3v) is 1.32. The highest BCUT2D eigenvalue weighted by atomic mass is 16.6. The third kappa shape index (κ3) is 3.02. The van der Waals surface area contributed by atoms with Crippen LogP contribution in [-0.2, 0) is 0 Å². The number of nitro groups is 1. The van der Waals surface area contributed by atoms with Gasteiger partial charge in [0.1, 0.15) is 5.92 Å². The van der Waals surface area contributed by atoms with Crippen LogP contribution in [0.4, 0.5) is 0 Å². The Morgan fingerprint density at radius 3 is 2.30 bits per heavy atom. The minimum Gasteiger partial charge on any atom is -0.264 e. The van der Waals surface area contributed by atoms with Gasteiger partial charge in [-0.3, -0.25) is 10.1 Å². The van der Waals surface area contributed by atoms with Gasteiger partial charge in [-0.1, -0.05) is 13.8 Å². The molecule has 0 spiro atoms. The molecule has 0 unspecified atom stereocenters. The fraction of sp³-hybridized carbons (Fsp3) is 0.833. The van der Waals surface area contributed by atoms with Gasteiger partial charge in [0.05, 0.1) is 6.07 Å². The Balaban J connectivity index is 3.87. The Bertz CT molecular complexity index is 160. The molecule has 0 aliphatic heterocycles. The molecular weight excluding hydrogens is 132 g/mol. The zero-order valence-corrected chi connectivity index (χ0v) is 6.07. The van der Waals surface area contributed by atoms with E-state index in [-0.39, 0.29) is 12.5 Å². The average molecular weight is 142 g/mol. The summed E-state index contributed by atoms with van der Waals surface area (Å²) in [5.41, 5.74) is 0. The molecule has 0 N–H and O–H groups in total. The standard InChI is InChI=1S/C6H10N2O2/c1-5(2)6(3-7)4-8(9)10/h5-6H,4H2,1-2H3/t6-/m1/s1. The zero-order chi connectivity index (χ0) is 8.15. The summed E-state index contributed by atoms with van der Waals surface area (Å²) in [6.45, 7) is 3.36. The van der Waals surface area contributed by atoms with E-state index in [4.69, 9.17) is 5.26 Å². The fourth-order valence-corrected chi connectivity index (χ4v) is 0.561. The van der Waals surface area contributed by atoms with Crippen LogP contribution < -0.4 is 0 Å². The van der Waals surface area contributed by atoms with E-state index in [2.05, 4.69) is 0 Å². The average Bonchev–Trinajstić information content (AvgIpc) is 1.81. The van der Waals surface area contributed by atoms with Gasteiger partial charge in [0.25, 0.3) is 0 Å². The monoisotopic (exact) mass is 142 g/mol. The summed E-state index contributed by atoms with van der Waals surface area (Å²) in [7, 11) is 0. The first-order valence-corrected chi connectivity index (χ1v) is 3.09. The van der Waals surface area contributed by atoms with Crippen molar-refractivity contribution in [2.75, 3.05) is 6.54 Å². The van der Waals surface area contributed by atoms with E-state index in [9.17, 15) is 10.1 Å². The van der Waals surface area contributed by atoms with Gasteiger partial charge in [-0.05, 0) is 5.92 Å². The molecule has 56 valence electrons. The fourth-order valence-electron chi connectivity index (χ4n) is 0.561. The summed E-state index contributed by atoms with van der Waals surface area (Å²) in [5, 5.41) is 18.3. The Kier molecular flexibility index (Phi) is 3.40. The predicted molar refractivity (Wildman–Crippen MR) is 35.8 cm³/mol. The quantitative estimate of drug-likeness (QED) is 0.437. The first-order chi connectivity index (χ1) is 4.57. The van der Waals surface area contributed by atoms with Gasteiger partial charge in [0.2, 0.25) is 6.54 Å². The smallest absolute Gasteiger partial charge is 0.219 e. The van der Waals surface area contributed by atoms with Crippen molar-refractivity contribution in [1.29, 1.82) is 5.26 Å². The zero-order valence-electron chi connectivity index (χ0n) is 6.07. The number of hydrogen-bond acceptors (Lipinski definition) is 3. The highest BCUT2D eigenvalue weighted by molar-refractivity contribution is 4.84. The van der Waals surface area contributed by atoms with Crippen molar-refractivity contribution in [2.24, 2.45) is 11.8 Å². The molecule has 0 aromatic heterocycles. The molecule has 0 aromatic rings. The lowest BCUT2D eigenvalue weighted by atomic mass is 9.98. The molecule has 0 radical (unpaired) electrons. The van der Waals surface area contributed by atoms with Crippen LogP contribution in [0.5, 0.6) is 0 Å². The van der Waals surface area contributed by atoms with Crippen molar-refractivity contribution in [3.63, 3.8) is 0 Å². The van der Waals surface area contributed by atoms with Gasteiger partial charge in [0.15, 0.2) is 0 Å². The van der Waals surface area contributed by atoms with Gasteiger partial charge < -0.3 is 0 Å². The Labute approximate surface area is 59.6 Å². The lowest BCUT2D eigenvalue weighted by molar-refractivity contribution is -0.486.